The molecule has 2 aromatic rings. The number of hydrogen-bond donors (Lipinski definition) is 1. The van der Waals surface area contributed by atoms with Crippen LogP contribution in [0.15, 0.2) is 24.3 Å². The van der Waals surface area contributed by atoms with Gasteiger partial charge in [-0.3, -0.25) is 4.79 Å². The van der Waals surface area contributed by atoms with Crippen molar-refractivity contribution in [1.82, 2.24) is 4.98 Å². The number of hydrogen-bond acceptors (Lipinski definition) is 5. The summed E-state index contributed by atoms with van der Waals surface area (Å²) in [6, 6.07) is 5.78. The number of thiazole rings is 1. The molecule has 7 heteroatoms. The predicted molar refractivity (Wildman–Crippen MR) is 71.7 cm³/mol. The van der Waals surface area contributed by atoms with Gasteiger partial charge in [0.25, 0.3) is 5.91 Å². The Kier molecular flexibility index (Phi) is 4.09. The molecule has 0 atom stereocenters. The summed E-state index contributed by atoms with van der Waals surface area (Å²) in [5, 5.41) is 0.577. The van der Waals surface area contributed by atoms with Crippen molar-refractivity contribution in [2.45, 2.75) is 6.92 Å². The van der Waals surface area contributed by atoms with Crippen molar-refractivity contribution in [2.24, 2.45) is 5.73 Å². The minimum absolute atomic E-state index is 0.297. The maximum absolute atomic E-state index is 12.9. The highest BCUT2D eigenvalue weighted by Crippen LogP contribution is 2.28. The molecule has 0 bridgehead atoms. The van der Waals surface area contributed by atoms with Crippen LogP contribution in [0.4, 0.5) is 4.39 Å². The van der Waals surface area contributed by atoms with Crippen LogP contribution in [0.5, 0.6) is 0 Å². The Labute approximate surface area is 118 Å². The molecule has 0 saturated carbocycles. The third-order valence-corrected chi connectivity index (χ3v) is 3.61. The van der Waals surface area contributed by atoms with Crippen LogP contribution in [0.25, 0.3) is 10.6 Å². The molecule has 0 aliphatic rings. The second-order valence-electron chi connectivity index (χ2n) is 3.98. The smallest absolute Gasteiger partial charge is 0.350 e. The van der Waals surface area contributed by atoms with Gasteiger partial charge in [0.15, 0.2) is 6.61 Å². The molecule has 2 N–H and O–H groups in total. The summed E-state index contributed by atoms with van der Waals surface area (Å²) >= 11 is 1.12. The fourth-order valence-corrected chi connectivity index (χ4v) is 2.47. The highest BCUT2D eigenvalue weighted by atomic mass is 32.1. The number of benzene rings is 1. The van der Waals surface area contributed by atoms with E-state index < -0.39 is 18.5 Å². The molecule has 104 valence electrons. The lowest BCUT2D eigenvalue weighted by atomic mass is 10.2. The van der Waals surface area contributed by atoms with E-state index in [9.17, 15) is 14.0 Å². The average Bonchev–Trinajstić information content (AvgIpc) is 2.79. The van der Waals surface area contributed by atoms with Gasteiger partial charge in [-0.25, -0.2) is 14.2 Å². The van der Waals surface area contributed by atoms with Gasteiger partial charge in [0.05, 0.1) is 5.69 Å². The fourth-order valence-electron chi connectivity index (χ4n) is 1.50. The largest absolute Gasteiger partial charge is 0.451 e. The van der Waals surface area contributed by atoms with Crippen LogP contribution in [0.2, 0.25) is 0 Å². The van der Waals surface area contributed by atoms with Crippen molar-refractivity contribution in [1.29, 1.82) is 0 Å². The van der Waals surface area contributed by atoms with Gasteiger partial charge in [-0.05, 0) is 31.2 Å². The van der Waals surface area contributed by atoms with Crippen molar-refractivity contribution >= 4 is 23.2 Å². The molecule has 20 heavy (non-hydrogen) atoms. The van der Waals surface area contributed by atoms with E-state index in [1.54, 1.807) is 19.1 Å². The van der Waals surface area contributed by atoms with E-state index in [4.69, 9.17) is 10.5 Å². The van der Waals surface area contributed by atoms with E-state index >= 15 is 0 Å². The summed E-state index contributed by atoms with van der Waals surface area (Å²) in [7, 11) is 0. The average molecular weight is 294 g/mol. The van der Waals surface area contributed by atoms with E-state index in [0.29, 0.717) is 21.1 Å². The molecule has 0 radical (unpaired) electrons. The Bertz CT molecular complexity index is 652. The van der Waals surface area contributed by atoms with Gasteiger partial charge in [0, 0.05) is 5.56 Å². The zero-order valence-corrected chi connectivity index (χ0v) is 11.4. The first-order valence-corrected chi connectivity index (χ1v) is 6.48. The van der Waals surface area contributed by atoms with E-state index in [0.717, 1.165) is 11.3 Å². The number of aryl methyl sites for hydroxylation is 1. The summed E-state index contributed by atoms with van der Waals surface area (Å²) in [6.07, 6.45) is 0. The van der Waals surface area contributed by atoms with Crippen molar-refractivity contribution in [2.75, 3.05) is 6.61 Å². The summed E-state index contributed by atoms with van der Waals surface area (Å²) in [5.74, 6) is -1.71. The topological polar surface area (TPSA) is 82.3 Å². The number of ether oxygens (including phenoxy) is 1. The standard InChI is InChI=1S/C13H11FN2O3S/c1-7-11(13(18)19-6-10(15)17)20-12(16-7)8-2-4-9(14)5-3-8/h2-5H,6H2,1H3,(H2,15,17). The number of halogens is 1. The van der Waals surface area contributed by atoms with Crippen LogP contribution >= 0.6 is 11.3 Å². The summed E-state index contributed by atoms with van der Waals surface area (Å²) < 4.78 is 17.6. The zero-order chi connectivity index (χ0) is 14.7. The molecule has 0 unspecified atom stereocenters. The van der Waals surface area contributed by atoms with Gasteiger partial charge in [-0.1, -0.05) is 0 Å². The first kappa shape index (κ1) is 14.1. The lowest BCUT2D eigenvalue weighted by Crippen LogP contribution is -2.20. The van der Waals surface area contributed by atoms with Crippen molar-refractivity contribution in [3.8, 4) is 10.6 Å². The number of nitrogens with zero attached hydrogens (tertiary/aromatic N) is 1. The van der Waals surface area contributed by atoms with E-state index in [-0.39, 0.29) is 5.82 Å². The quantitative estimate of drug-likeness (QED) is 0.873. The monoisotopic (exact) mass is 294 g/mol. The molecule has 0 spiro atoms. The van der Waals surface area contributed by atoms with E-state index in [1.165, 1.54) is 12.1 Å². The minimum atomic E-state index is -0.723. The number of nitrogens with two attached hydrogens (primary N) is 1. The van der Waals surface area contributed by atoms with Crippen LogP contribution in [-0.2, 0) is 9.53 Å². The molecule has 0 fully saturated rings. The Balaban J connectivity index is 2.23. The number of esters is 1. The number of rotatable bonds is 4. The number of amides is 1. The van der Waals surface area contributed by atoms with E-state index in [2.05, 4.69) is 4.98 Å². The van der Waals surface area contributed by atoms with Gasteiger partial charge >= 0.3 is 5.97 Å². The molecular weight excluding hydrogens is 283 g/mol. The predicted octanol–water partition coefficient (Wildman–Crippen LogP) is 1.90. The summed E-state index contributed by atoms with van der Waals surface area (Å²) in [4.78, 5) is 26.9. The third-order valence-electron chi connectivity index (χ3n) is 2.42. The number of carbonyl (C=O) groups is 2. The van der Waals surface area contributed by atoms with Crippen molar-refractivity contribution < 1.29 is 18.7 Å². The lowest BCUT2D eigenvalue weighted by molar-refractivity contribution is -0.121. The highest BCUT2D eigenvalue weighted by Gasteiger charge is 2.18. The first-order chi connectivity index (χ1) is 9.47. The second-order valence-corrected chi connectivity index (χ2v) is 4.98. The van der Waals surface area contributed by atoms with Gasteiger partial charge in [-0.15, -0.1) is 11.3 Å². The molecule has 1 heterocycles. The molecule has 5 nitrogen and oxygen atoms in total. The second kappa shape index (κ2) is 5.79. The molecule has 0 aliphatic carbocycles. The van der Waals surface area contributed by atoms with Crippen molar-refractivity contribution in [3.05, 3.63) is 40.7 Å². The fraction of sp³-hybridized carbons (Fsp3) is 0.154. The van der Waals surface area contributed by atoms with Crippen LogP contribution < -0.4 is 5.73 Å². The Morgan fingerprint density at radius 3 is 2.60 bits per heavy atom. The maximum Gasteiger partial charge on any atom is 0.350 e. The number of primary amides is 1. The molecular formula is C13H11FN2O3S. The zero-order valence-electron chi connectivity index (χ0n) is 10.6. The molecule has 2 rings (SSSR count). The van der Waals surface area contributed by atoms with Gasteiger partial charge in [0.2, 0.25) is 0 Å². The van der Waals surface area contributed by atoms with Crippen LogP contribution in [0.1, 0.15) is 15.4 Å². The molecule has 0 saturated heterocycles. The summed E-state index contributed by atoms with van der Waals surface area (Å²) in [6.45, 7) is 1.19. The van der Waals surface area contributed by atoms with Crippen LogP contribution in [0, 0.1) is 12.7 Å². The summed E-state index contributed by atoms with van der Waals surface area (Å²) in [5.41, 5.74) is 6.10. The highest BCUT2D eigenvalue weighted by molar-refractivity contribution is 7.17. The normalized spacial score (nSPS) is 10.3. The molecule has 1 aromatic heterocycles. The Morgan fingerprint density at radius 2 is 2.00 bits per heavy atom. The van der Waals surface area contributed by atoms with Crippen LogP contribution in [-0.4, -0.2) is 23.5 Å². The third kappa shape index (κ3) is 3.18. The molecule has 1 amide bonds. The lowest BCUT2D eigenvalue weighted by Gasteiger charge is -1.99. The maximum atomic E-state index is 12.9. The van der Waals surface area contributed by atoms with Crippen LogP contribution in [0.3, 0.4) is 0 Å². The van der Waals surface area contributed by atoms with Crippen molar-refractivity contribution in [3.63, 3.8) is 0 Å². The van der Waals surface area contributed by atoms with Gasteiger partial charge < -0.3 is 10.5 Å². The number of aromatic nitrogens is 1. The Morgan fingerprint density at radius 1 is 1.35 bits per heavy atom. The minimum Gasteiger partial charge on any atom is -0.451 e. The Hall–Kier alpha value is -2.28. The molecule has 1 aromatic carbocycles. The number of carbonyl (C=O) groups excluding carboxylic acids is 2. The van der Waals surface area contributed by atoms with E-state index in [1.807, 2.05) is 0 Å². The molecule has 0 aliphatic heterocycles. The van der Waals surface area contributed by atoms with Gasteiger partial charge in [0.1, 0.15) is 15.7 Å². The first-order valence-electron chi connectivity index (χ1n) is 5.66. The van der Waals surface area contributed by atoms with Gasteiger partial charge in [-0.2, -0.15) is 0 Å². The SMILES string of the molecule is Cc1nc(-c2ccc(F)cc2)sc1C(=O)OCC(N)=O.